The standard InChI is InChI=1S/C18H26O2/c1-13(20)6-7-14-8-9-16-17(2,3)10-5-11-18(16,4)15(14)12-19/h6-8,12,15-16H,5,9-11H2,1-4H3/b7-6+/t15-,16-,18+/m0/s1. The van der Waals surface area contributed by atoms with E-state index in [4.69, 9.17) is 0 Å². The first-order chi connectivity index (χ1) is 9.31. The van der Waals surface area contributed by atoms with E-state index in [0.717, 1.165) is 24.7 Å². The average molecular weight is 274 g/mol. The van der Waals surface area contributed by atoms with Crippen molar-refractivity contribution in [2.45, 2.75) is 53.4 Å². The molecule has 0 saturated heterocycles. The van der Waals surface area contributed by atoms with E-state index in [-0.39, 0.29) is 17.1 Å². The van der Waals surface area contributed by atoms with Crippen LogP contribution in [0.15, 0.2) is 23.8 Å². The van der Waals surface area contributed by atoms with Gasteiger partial charge in [-0.1, -0.05) is 39.3 Å². The van der Waals surface area contributed by atoms with Crippen LogP contribution in [0.1, 0.15) is 53.4 Å². The fraction of sp³-hybridized carbons (Fsp3) is 0.667. The lowest BCUT2D eigenvalue weighted by Crippen LogP contribution is -2.49. The van der Waals surface area contributed by atoms with Crippen LogP contribution < -0.4 is 0 Å². The van der Waals surface area contributed by atoms with Crippen LogP contribution in [0.2, 0.25) is 0 Å². The van der Waals surface area contributed by atoms with Gasteiger partial charge in [0.05, 0.1) is 0 Å². The second kappa shape index (κ2) is 5.31. The second-order valence-corrected chi connectivity index (χ2v) is 7.40. The smallest absolute Gasteiger partial charge is 0.152 e. The minimum atomic E-state index is -0.0728. The second-order valence-electron chi connectivity index (χ2n) is 7.40. The minimum Gasteiger partial charge on any atom is -0.303 e. The number of allylic oxidation sites excluding steroid dienone is 4. The SMILES string of the molecule is CC(=O)/C=C/C1=CC[C@H]2C(C)(C)CCC[C@]2(C)[C@H]1C=O. The molecule has 2 rings (SSSR count). The van der Waals surface area contributed by atoms with E-state index in [2.05, 4.69) is 26.8 Å². The minimum absolute atomic E-state index is 0.0341. The van der Waals surface area contributed by atoms with Gasteiger partial charge in [0.2, 0.25) is 0 Å². The molecule has 3 atom stereocenters. The summed E-state index contributed by atoms with van der Waals surface area (Å²) in [6.07, 6.45) is 11.3. The van der Waals surface area contributed by atoms with Crippen LogP contribution in [0, 0.1) is 22.7 Å². The molecular formula is C18H26O2. The molecule has 0 bridgehead atoms. The molecule has 110 valence electrons. The molecule has 0 spiro atoms. The number of rotatable bonds is 3. The Kier molecular flexibility index (Phi) is 4.04. The van der Waals surface area contributed by atoms with Crippen molar-refractivity contribution in [1.29, 1.82) is 0 Å². The molecule has 20 heavy (non-hydrogen) atoms. The molecule has 1 saturated carbocycles. The van der Waals surface area contributed by atoms with Crippen LogP contribution in [0.25, 0.3) is 0 Å². The lowest BCUT2D eigenvalue weighted by Gasteiger charge is -2.55. The molecule has 2 aliphatic carbocycles. The molecule has 0 heterocycles. The molecule has 2 aliphatic rings. The number of hydrogen-bond donors (Lipinski definition) is 0. The van der Waals surface area contributed by atoms with Crippen molar-refractivity contribution >= 4 is 12.1 Å². The van der Waals surface area contributed by atoms with Gasteiger partial charge in [0, 0.05) is 5.92 Å². The zero-order valence-corrected chi connectivity index (χ0v) is 13.1. The Hall–Kier alpha value is -1.18. The zero-order chi connectivity index (χ0) is 15.0. The number of carbonyl (C=O) groups is 2. The van der Waals surface area contributed by atoms with Crippen molar-refractivity contribution in [3.05, 3.63) is 23.8 Å². The van der Waals surface area contributed by atoms with Gasteiger partial charge < -0.3 is 4.79 Å². The van der Waals surface area contributed by atoms with Gasteiger partial charge in [0.25, 0.3) is 0 Å². The predicted octanol–water partition coefficient (Wildman–Crippen LogP) is 4.11. The van der Waals surface area contributed by atoms with Crippen molar-refractivity contribution in [1.82, 2.24) is 0 Å². The highest BCUT2D eigenvalue weighted by Gasteiger charge is 2.52. The Morgan fingerprint density at radius 1 is 1.30 bits per heavy atom. The summed E-state index contributed by atoms with van der Waals surface area (Å²) in [6, 6.07) is 0. The zero-order valence-electron chi connectivity index (χ0n) is 13.1. The Balaban J connectivity index is 2.39. The quantitative estimate of drug-likeness (QED) is 0.573. The Morgan fingerprint density at radius 3 is 2.60 bits per heavy atom. The van der Waals surface area contributed by atoms with Gasteiger partial charge in [-0.15, -0.1) is 0 Å². The summed E-state index contributed by atoms with van der Waals surface area (Å²) in [7, 11) is 0. The molecule has 0 aromatic rings. The molecule has 2 nitrogen and oxygen atoms in total. The van der Waals surface area contributed by atoms with E-state index in [1.54, 1.807) is 13.0 Å². The van der Waals surface area contributed by atoms with Crippen LogP contribution in [0.4, 0.5) is 0 Å². The van der Waals surface area contributed by atoms with Gasteiger partial charge in [-0.3, -0.25) is 4.79 Å². The van der Waals surface area contributed by atoms with Crippen molar-refractivity contribution < 1.29 is 9.59 Å². The van der Waals surface area contributed by atoms with Gasteiger partial charge in [0.1, 0.15) is 6.29 Å². The van der Waals surface area contributed by atoms with E-state index in [1.807, 2.05) is 6.08 Å². The maximum Gasteiger partial charge on any atom is 0.152 e. The fourth-order valence-corrected chi connectivity index (χ4v) is 4.51. The van der Waals surface area contributed by atoms with Gasteiger partial charge in [0.15, 0.2) is 5.78 Å². The first-order valence-corrected chi connectivity index (χ1v) is 7.65. The van der Waals surface area contributed by atoms with Crippen molar-refractivity contribution in [3.8, 4) is 0 Å². The monoisotopic (exact) mass is 274 g/mol. The van der Waals surface area contributed by atoms with Crippen LogP contribution in [0.5, 0.6) is 0 Å². The molecule has 0 N–H and O–H groups in total. The Bertz CT molecular complexity index is 470. The number of hydrogen-bond acceptors (Lipinski definition) is 2. The van der Waals surface area contributed by atoms with Gasteiger partial charge >= 0.3 is 0 Å². The van der Waals surface area contributed by atoms with Crippen LogP contribution in [0.3, 0.4) is 0 Å². The first kappa shape index (κ1) is 15.2. The summed E-state index contributed by atoms with van der Waals surface area (Å²) in [6.45, 7) is 8.48. The number of carbonyl (C=O) groups excluding carboxylic acids is 2. The normalized spacial score (nSPS) is 36.3. The van der Waals surface area contributed by atoms with Crippen LogP contribution in [-0.4, -0.2) is 12.1 Å². The maximum absolute atomic E-state index is 11.7. The Morgan fingerprint density at radius 2 is 2.00 bits per heavy atom. The summed E-state index contributed by atoms with van der Waals surface area (Å²) in [5.74, 6) is 0.511. The largest absolute Gasteiger partial charge is 0.303 e. The van der Waals surface area contributed by atoms with Gasteiger partial charge in [-0.25, -0.2) is 0 Å². The van der Waals surface area contributed by atoms with Crippen LogP contribution >= 0.6 is 0 Å². The molecule has 1 fully saturated rings. The third-order valence-corrected chi connectivity index (χ3v) is 5.58. The Labute approximate surface area is 122 Å². The van der Waals surface area contributed by atoms with Crippen molar-refractivity contribution in [2.24, 2.45) is 22.7 Å². The van der Waals surface area contributed by atoms with Crippen molar-refractivity contribution in [3.63, 3.8) is 0 Å². The summed E-state index contributed by atoms with van der Waals surface area (Å²) < 4.78 is 0. The topological polar surface area (TPSA) is 34.1 Å². The maximum atomic E-state index is 11.7. The third kappa shape index (κ3) is 2.53. The van der Waals surface area contributed by atoms with E-state index < -0.39 is 0 Å². The molecular weight excluding hydrogens is 248 g/mol. The number of ketones is 1. The molecule has 0 unspecified atom stereocenters. The van der Waals surface area contributed by atoms with Crippen LogP contribution in [-0.2, 0) is 9.59 Å². The number of fused-ring (bicyclic) bond motifs is 1. The summed E-state index contributed by atoms with van der Waals surface area (Å²) in [4.78, 5) is 22.9. The third-order valence-electron chi connectivity index (χ3n) is 5.58. The highest BCUT2D eigenvalue weighted by atomic mass is 16.1. The van der Waals surface area contributed by atoms with Crippen molar-refractivity contribution in [2.75, 3.05) is 0 Å². The highest BCUT2D eigenvalue weighted by Crippen LogP contribution is 2.59. The van der Waals surface area contributed by atoms with Gasteiger partial charge in [-0.2, -0.15) is 0 Å². The van der Waals surface area contributed by atoms with E-state index >= 15 is 0 Å². The highest BCUT2D eigenvalue weighted by molar-refractivity contribution is 5.88. The van der Waals surface area contributed by atoms with E-state index in [9.17, 15) is 9.59 Å². The lowest BCUT2D eigenvalue weighted by atomic mass is 9.49. The molecule has 0 aromatic carbocycles. The molecule has 0 radical (unpaired) electrons. The molecule has 2 heteroatoms. The lowest BCUT2D eigenvalue weighted by molar-refractivity contribution is -0.119. The molecule has 0 amide bonds. The average Bonchev–Trinajstić information content (AvgIpc) is 2.34. The summed E-state index contributed by atoms with van der Waals surface area (Å²) >= 11 is 0. The van der Waals surface area contributed by atoms with E-state index in [1.165, 1.54) is 12.8 Å². The first-order valence-electron chi connectivity index (χ1n) is 7.65. The molecule has 0 aliphatic heterocycles. The number of aldehydes is 1. The van der Waals surface area contributed by atoms with Gasteiger partial charge in [-0.05, 0) is 54.6 Å². The van der Waals surface area contributed by atoms with E-state index in [0.29, 0.717) is 11.3 Å². The summed E-state index contributed by atoms with van der Waals surface area (Å²) in [5.41, 5.74) is 1.36. The summed E-state index contributed by atoms with van der Waals surface area (Å²) in [5, 5.41) is 0. The predicted molar refractivity (Wildman–Crippen MR) is 81.3 cm³/mol. The molecule has 0 aromatic heterocycles. The fourth-order valence-electron chi connectivity index (χ4n) is 4.51.